The van der Waals surface area contributed by atoms with Gasteiger partial charge in [0, 0.05) is 17.6 Å². The number of hydrogen-bond acceptors (Lipinski definition) is 3. The molecule has 4 nitrogen and oxygen atoms in total. The van der Waals surface area contributed by atoms with E-state index < -0.39 is 10.0 Å². The summed E-state index contributed by atoms with van der Waals surface area (Å²) in [7, 11) is -3.39. The van der Waals surface area contributed by atoms with Crippen LogP contribution in [0.4, 0.5) is 0 Å². The summed E-state index contributed by atoms with van der Waals surface area (Å²) in [5.74, 6) is 0.278. The first-order valence-corrected chi connectivity index (χ1v) is 8.65. The Morgan fingerprint density at radius 1 is 1.47 bits per heavy atom. The van der Waals surface area contributed by atoms with Gasteiger partial charge in [0.25, 0.3) is 0 Å². The van der Waals surface area contributed by atoms with Crippen molar-refractivity contribution in [1.82, 2.24) is 4.31 Å². The highest BCUT2D eigenvalue weighted by molar-refractivity contribution is 9.10. The van der Waals surface area contributed by atoms with Crippen molar-refractivity contribution < 1.29 is 8.42 Å². The van der Waals surface area contributed by atoms with Crippen LogP contribution in [0.25, 0.3) is 0 Å². The van der Waals surface area contributed by atoms with E-state index >= 15 is 0 Å². The molecule has 1 aliphatic heterocycles. The average molecular weight is 347 g/mol. The molecule has 1 atom stereocenters. The number of hydrogen-bond donors (Lipinski definition) is 1. The van der Waals surface area contributed by atoms with E-state index in [0.29, 0.717) is 24.5 Å². The molecular formula is C13H19BrN2O2S. The lowest BCUT2D eigenvalue weighted by Gasteiger charge is -2.31. The second-order valence-corrected chi connectivity index (χ2v) is 7.81. The molecule has 1 saturated heterocycles. The van der Waals surface area contributed by atoms with Crippen molar-refractivity contribution >= 4 is 26.0 Å². The molecule has 0 amide bonds. The van der Waals surface area contributed by atoms with Gasteiger partial charge < -0.3 is 5.73 Å². The molecule has 1 aromatic rings. The maximum absolute atomic E-state index is 12.6. The summed E-state index contributed by atoms with van der Waals surface area (Å²) in [5, 5.41) is 0. The number of nitrogens with zero attached hydrogens (tertiary/aromatic N) is 1. The Hall–Kier alpha value is -0.430. The normalized spacial score (nSPS) is 21.5. The Morgan fingerprint density at radius 2 is 2.21 bits per heavy atom. The summed E-state index contributed by atoms with van der Waals surface area (Å²) in [6.07, 6.45) is 1.90. The monoisotopic (exact) mass is 346 g/mol. The van der Waals surface area contributed by atoms with Gasteiger partial charge in [0.2, 0.25) is 10.0 Å². The number of nitrogens with two attached hydrogens (primary N) is 1. The molecule has 6 heteroatoms. The zero-order chi connectivity index (χ0) is 14.0. The molecule has 0 bridgehead atoms. The Kier molecular flexibility index (Phi) is 4.66. The van der Waals surface area contributed by atoms with Crippen LogP contribution in [0, 0.1) is 12.8 Å². The van der Waals surface area contributed by atoms with Crippen molar-refractivity contribution in [3.63, 3.8) is 0 Å². The summed E-state index contributed by atoms with van der Waals surface area (Å²) in [6, 6.07) is 5.15. The molecule has 1 aromatic carbocycles. The number of piperidine rings is 1. The minimum atomic E-state index is -3.39. The molecule has 1 unspecified atom stereocenters. The van der Waals surface area contributed by atoms with Gasteiger partial charge in [0.1, 0.15) is 0 Å². The van der Waals surface area contributed by atoms with Crippen LogP contribution in [0.5, 0.6) is 0 Å². The quantitative estimate of drug-likeness (QED) is 0.911. The lowest BCUT2D eigenvalue weighted by atomic mass is 10.0. The minimum Gasteiger partial charge on any atom is -0.330 e. The molecule has 0 saturated carbocycles. The molecule has 19 heavy (non-hydrogen) atoms. The van der Waals surface area contributed by atoms with Gasteiger partial charge in [-0.25, -0.2) is 8.42 Å². The van der Waals surface area contributed by atoms with E-state index in [9.17, 15) is 8.42 Å². The van der Waals surface area contributed by atoms with Gasteiger partial charge in [-0.3, -0.25) is 0 Å². The molecule has 1 aliphatic rings. The molecule has 106 valence electrons. The van der Waals surface area contributed by atoms with Crippen LogP contribution in [0.1, 0.15) is 18.4 Å². The first-order chi connectivity index (χ1) is 8.95. The zero-order valence-electron chi connectivity index (χ0n) is 11.0. The number of benzene rings is 1. The first-order valence-electron chi connectivity index (χ1n) is 6.41. The molecular weight excluding hydrogens is 328 g/mol. The Labute approximate surface area is 123 Å². The topological polar surface area (TPSA) is 63.4 Å². The molecule has 1 fully saturated rings. The molecule has 1 heterocycles. The van der Waals surface area contributed by atoms with Gasteiger partial charge in [-0.2, -0.15) is 4.31 Å². The SMILES string of the molecule is Cc1cc(S(=O)(=O)N2CCCC(CN)C2)ccc1Br. The van der Waals surface area contributed by atoms with Gasteiger partial charge in [-0.15, -0.1) is 0 Å². The van der Waals surface area contributed by atoms with Crippen LogP contribution in [0.3, 0.4) is 0 Å². The van der Waals surface area contributed by atoms with Crippen LogP contribution in [-0.2, 0) is 10.0 Å². The maximum atomic E-state index is 12.6. The first kappa shape index (κ1) is 15.0. The summed E-state index contributed by atoms with van der Waals surface area (Å²) >= 11 is 3.39. The summed E-state index contributed by atoms with van der Waals surface area (Å²) in [5.41, 5.74) is 6.59. The van der Waals surface area contributed by atoms with E-state index in [1.54, 1.807) is 22.5 Å². The molecule has 0 radical (unpaired) electrons. The fourth-order valence-electron chi connectivity index (χ4n) is 2.36. The number of aryl methyl sites for hydroxylation is 1. The highest BCUT2D eigenvalue weighted by atomic mass is 79.9. The standard InChI is InChI=1S/C13H19BrN2O2S/c1-10-7-12(4-5-13(10)14)19(17,18)16-6-2-3-11(8-15)9-16/h4-5,7,11H,2-3,6,8-9,15H2,1H3. The lowest BCUT2D eigenvalue weighted by molar-refractivity contribution is 0.271. The Balaban J connectivity index is 2.28. The summed E-state index contributed by atoms with van der Waals surface area (Å²) < 4.78 is 27.7. The number of sulfonamides is 1. The number of rotatable bonds is 3. The van der Waals surface area contributed by atoms with E-state index in [-0.39, 0.29) is 5.92 Å². The van der Waals surface area contributed by atoms with Crippen molar-refractivity contribution in [3.05, 3.63) is 28.2 Å². The van der Waals surface area contributed by atoms with Crippen LogP contribution in [0.2, 0.25) is 0 Å². The third-order valence-corrected chi connectivity index (χ3v) is 6.33. The Morgan fingerprint density at radius 3 is 2.84 bits per heavy atom. The van der Waals surface area contributed by atoms with Gasteiger partial charge >= 0.3 is 0 Å². The number of halogens is 1. The maximum Gasteiger partial charge on any atom is 0.243 e. The highest BCUT2D eigenvalue weighted by Crippen LogP contribution is 2.26. The van der Waals surface area contributed by atoms with Crippen LogP contribution in [-0.4, -0.2) is 32.4 Å². The van der Waals surface area contributed by atoms with Crippen molar-refractivity contribution in [3.8, 4) is 0 Å². The third-order valence-electron chi connectivity index (χ3n) is 3.58. The average Bonchev–Trinajstić information content (AvgIpc) is 2.41. The fourth-order valence-corrected chi connectivity index (χ4v) is 4.25. The zero-order valence-corrected chi connectivity index (χ0v) is 13.4. The van der Waals surface area contributed by atoms with Crippen molar-refractivity contribution in [1.29, 1.82) is 0 Å². The molecule has 2 N–H and O–H groups in total. The molecule has 0 aromatic heterocycles. The fraction of sp³-hybridized carbons (Fsp3) is 0.538. The van der Waals surface area contributed by atoms with Gasteiger partial charge in [-0.05, 0) is 56.0 Å². The van der Waals surface area contributed by atoms with Crippen molar-refractivity contribution in [2.75, 3.05) is 19.6 Å². The largest absolute Gasteiger partial charge is 0.330 e. The van der Waals surface area contributed by atoms with E-state index in [1.807, 2.05) is 6.92 Å². The second-order valence-electron chi connectivity index (χ2n) is 5.02. The van der Waals surface area contributed by atoms with Crippen LogP contribution >= 0.6 is 15.9 Å². The second kappa shape index (κ2) is 5.91. The minimum absolute atomic E-state index is 0.278. The summed E-state index contributed by atoms with van der Waals surface area (Å²) in [4.78, 5) is 0.367. The van der Waals surface area contributed by atoms with Gasteiger partial charge in [-0.1, -0.05) is 15.9 Å². The Bertz CT molecular complexity index is 560. The predicted octanol–water partition coefficient (Wildman–Crippen LogP) is 2.12. The van der Waals surface area contributed by atoms with Crippen molar-refractivity contribution in [2.24, 2.45) is 11.7 Å². The van der Waals surface area contributed by atoms with E-state index in [4.69, 9.17) is 5.73 Å². The van der Waals surface area contributed by atoms with E-state index in [2.05, 4.69) is 15.9 Å². The van der Waals surface area contributed by atoms with E-state index in [0.717, 1.165) is 22.9 Å². The van der Waals surface area contributed by atoms with Gasteiger partial charge in [0.05, 0.1) is 4.90 Å². The summed E-state index contributed by atoms with van der Waals surface area (Å²) in [6.45, 7) is 3.56. The lowest BCUT2D eigenvalue weighted by Crippen LogP contribution is -2.41. The third kappa shape index (κ3) is 3.18. The predicted molar refractivity (Wildman–Crippen MR) is 79.4 cm³/mol. The van der Waals surface area contributed by atoms with Gasteiger partial charge in [0.15, 0.2) is 0 Å². The smallest absolute Gasteiger partial charge is 0.243 e. The van der Waals surface area contributed by atoms with Crippen molar-refractivity contribution in [2.45, 2.75) is 24.7 Å². The molecule has 0 spiro atoms. The van der Waals surface area contributed by atoms with Crippen LogP contribution < -0.4 is 5.73 Å². The van der Waals surface area contributed by atoms with Crippen LogP contribution in [0.15, 0.2) is 27.6 Å². The molecule has 0 aliphatic carbocycles. The highest BCUT2D eigenvalue weighted by Gasteiger charge is 2.29. The molecule has 2 rings (SSSR count). The van der Waals surface area contributed by atoms with E-state index in [1.165, 1.54) is 0 Å².